The van der Waals surface area contributed by atoms with Gasteiger partial charge in [-0.2, -0.15) is 0 Å². The van der Waals surface area contributed by atoms with Gasteiger partial charge < -0.3 is 58.4 Å². The number of benzene rings is 4. The van der Waals surface area contributed by atoms with Crippen molar-refractivity contribution in [1.82, 2.24) is 34.9 Å². The summed E-state index contributed by atoms with van der Waals surface area (Å²) in [6.45, 7) is 21.2. The molecule has 16 aromatic rings. The lowest BCUT2D eigenvalue weighted by Crippen LogP contribution is -2.18. The quantitative estimate of drug-likeness (QED) is 0.0435. The molecular weight excluding hydrogens is 1910 g/mol. The largest absolute Gasteiger partial charge is 0.465 e. The smallest absolute Gasteiger partial charge is 0.262 e. The van der Waals surface area contributed by atoms with E-state index in [0.29, 0.717) is 28.8 Å². The minimum Gasteiger partial charge on any atom is -0.465 e. The minimum absolute atomic E-state index is 0.00174. The van der Waals surface area contributed by atoms with Gasteiger partial charge in [0.25, 0.3) is 23.6 Å². The highest BCUT2D eigenvalue weighted by molar-refractivity contribution is 6.07. The van der Waals surface area contributed by atoms with Crippen LogP contribution in [0.5, 0.6) is 0 Å². The molecule has 6 aliphatic rings. The van der Waals surface area contributed by atoms with Crippen LogP contribution in [0, 0.1) is 89.4 Å². The van der Waals surface area contributed by atoms with E-state index in [9.17, 15) is 50.7 Å². The Balaban J connectivity index is 0.000000123. The van der Waals surface area contributed by atoms with E-state index >= 15 is 0 Å². The van der Waals surface area contributed by atoms with Crippen molar-refractivity contribution in [3.63, 3.8) is 0 Å². The summed E-state index contributed by atoms with van der Waals surface area (Å²) in [4.78, 5) is 103. The number of hydrogen-bond acceptors (Lipinski definition) is 19. The van der Waals surface area contributed by atoms with E-state index in [1.807, 2.05) is 155 Å². The van der Waals surface area contributed by atoms with Crippen LogP contribution in [0.4, 0.5) is 56.9 Å². The fourth-order valence-electron chi connectivity index (χ4n) is 20.2. The summed E-state index contributed by atoms with van der Waals surface area (Å²) >= 11 is 0. The first-order valence-corrected chi connectivity index (χ1v) is 51.3. The number of anilines is 6. The Labute approximate surface area is 866 Å². The Hall–Kier alpha value is -16.1. The van der Waals surface area contributed by atoms with Crippen LogP contribution in [0.2, 0.25) is 0 Å². The third-order valence-corrected chi connectivity index (χ3v) is 27.7. The van der Waals surface area contributed by atoms with Crippen molar-refractivity contribution in [2.75, 3.05) is 31.9 Å². The maximum atomic E-state index is 13.7. The van der Waals surface area contributed by atoms with Gasteiger partial charge in [-0.15, -0.1) is 0 Å². The normalized spacial score (nSPS) is 13.5. The van der Waals surface area contributed by atoms with E-state index in [2.05, 4.69) is 66.8 Å². The van der Waals surface area contributed by atoms with Gasteiger partial charge in [0.1, 0.15) is 138 Å². The average Bonchev–Trinajstić information content (AvgIpc) is 1.66. The first-order valence-electron chi connectivity index (χ1n) is 51.3. The molecule has 0 unspecified atom stereocenters. The van der Waals surface area contributed by atoms with Gasteiger partial charge in [-0.25, -0.2) is 51.9 Å². The maximum absolute atomic E-state index is 13.7. The highest BCUT2D eigenvalue weighted by Gasteiger charge is 2.32. The summed E-state index contributed by atoms with van der Waals surface area (Å²) in [5.41, 5.74) is 20.4. The minimum atomic E-state index is -0.912. The Kier molecular flexibility index (Phi) is 33.5. The monoisotopic (exact) mass is 2030 g/mol. The number of pyridine rings is 5. The number of furan rings is 6. The van der Waals surface area contributed by atoms with E-state index in [4.69, 9.17) is 26.5 Å². The van der Waals surface area contributed by atoms with Crippen molar-refractivity contribution in [1.29, 1.82) is 0 Å². The molecule has 12 heterocycles. The number of nitrogens with zero attached hydrogens (tertiary/aromatic N) is 7. The molecule has 150 heavy (non-hydrogen) atoms. The highest BCUT2D eigenvalue weighted by atomic mass is 19.1. The van der Waals surface area contributed by atoms with E-state index in [1.165, 1.54) is 120 Å². The average molecular weight is 2030 g/mol. The number of amides is 6. The molecule has 4 aromatic carbocycles. The molecule has 25 nitrogen and oxygen atoms in total. The number of halogens is 5. The molecule has 0 bridgehead atoms. The lowest BCUT2D eigenvalue weighted by molar-refractivity contribution is -0.119. The molecule has 0 fully saturated rings. The van der Waals surface area contributed by atoms with Crippen molar-refractivity contribution in [3.05, 3.63) is 348 Å². The second-order valence-corrected chi connectivity index (χ2v) is 38.9. The van der Waals surface area contributed by atoms with Crippen LogP contribution in [-0.4, -0.2) is 70.3 Å². The standard InChI is InChI=1S/C22H22N2O2.2C21H18F2N2O2.C21H19FN2O2.C18H22N2O2.C17H21N3O2/c1-14-7-3-4-8-17(14)22(25)24-20-12-11-16(13-23-20)21-15(2)26-19-10-6-5-9-18(19)21;2*1-12-19(14-5-2-3-8-17(14)27-12)13-9-10-18(24-11-13)25-21(26)20-15(22)6-4-7-16(20)23;1-13-20(16-7-3-5-9-18(16)26-13)14-10-11-19(23-12-14)24-21(25)15-6-2-4-8-17(15)22;1-11(2)18(21)20-16-9-8-13(10-19-16)17-12(3)22-15-7-5-4-6-14(15)17;1-10(2)17(21)20-15-9-18-13(8-19-15)16-11(3)22-14-7-5-4-6-12(14)16/h3-4,7-8,11-13H,5-6,9-10H2,1-2H3,(H,23,24,25);2*4,6-7,9-11H,2-3,5,8H2,1H3,(H,24,25,26);2,4,6,8,10-12H,3,5,7,9H2,1H3,(H,23,24,25);8-11H,4-7H2,1-3H3,(H,19,20,21);8-10H,4-7H2,1-3H3,(H,19,20,21). The predicted octanol–water partition coefficient (Wildman–Crippen LogP) is 27.8. The van der Waals surface area contributed by atoms with Gasteiger partial charge in [-0.3, -0.25) is 33.8 Å². The van der Waals surface area contributed by atoms with E-state index in [-0.39, 0.29) is 46.8 Å². The molecule has 12 aromatic heterocycles. The van der Waals surface area contributed by atoms with Gasteiger partial charge in [-0.05, 0) is 273 Å². The van der Waals surface area contributed by atoms with Crippen molar-refractivity contribution < 1.29 is 77.2 Å². The molecule has 0 atom stereocenters. The van der Waals surface area contributed by atoms with Gasteiger partial charge in [0, 0.05) is 181 Å². The lowest BCUT2D eigenvalue weighted by Gasteiger charge is -2.11. The summed E-state index contributed by atoms with van der Waals surface area (Å²) in [7, 11) is 0. The number of nitrogens with one attached hydrogen (secondary N) is 6. The molecule has 0 saturated heterocycles. The Morgan fingerprint density at radius 1 is 0.247 bits per heavy atom. The van der Waals surface area contributed by atoms with Gasteiger partial charge in [-0.1, -0.05) is 70.2 Å². The molecule has 30 heteroatoms. The predicted molar refractivity (Wildman–Crippen MR) is 567 cm³/mol. The molecule has 0 radical (unpaired) electrons. The van der Waals surface area contributed by atoms with Crippen molar-refractivity contribution in [2.24, 2.45) is 11.8 Å². The van der Waals surface area contributed by atoms with Crippen molar-refractivity contribution in [2.45, 2.75) is 230 Å². The second-order valence-electron chi connectivity index (χ2n) is 38.9. The highest BCUT2D eigenvalue weighted by Crippen LogP contribution is 2.44. The number of hydrogen-bond donors (Lipinski definition) is 6. The number of aromatic nitrogens is 7. The molecule has 0 saturated carbocycles. The van der Waals surface area contributed by atoms with Crippen LogP contribution in [0.3, 0.4) is 0 Å². The van der Waals surface area contributed by atoms with E-state index in [1.54, 1.807) is 61.3 Å². The molecule has 0 aliphatic heterocycles. The summed E-state index contributed by atoms with van der Waals surface area (Å²) < 4.78 is 104. The number of aryl methyl sites for hydroxylation is 13. The Morgan fingerprint density at radius 3 is 0.773 bits per heavy atom. The summed E-state index contributed by atoms with van der Waals surface area (Å²) in [5.74, 6) is 7.62. The van der Waals surface area contributed by atoms with Gasteiger partial charge in [0.15, 0.2) is 5.82 Å². The zero-order chi connectivity index (χ0) is 106. The van der Waals surface area contributed by atoms with Crippen LogP contribution >= 0.6 is 0 Å². The van der Waals surface area contributed by atoms with E-state index < -0.39 is 57.9 Å². The summed E-state index contributed by atoms with van der Waals surface area (Å²) in [6.07, 6.45) is 38.1. The molecule has 22 rings (SSSR count). The fraction of sp³-hybridized carbons (Fsp3) is 0.308. The third-order valence-electron chi connectivity index (χ3n) is 27.7. The topological polar surface area (TPSA) is 344 Å². The lowest BCUT2D eigenvalue weighted by atomic mass is 9.92. The maximum Gasteiger partial charge on any atom is 0.262 e. The van der Waals surface area contributed by atoms with Crippen LogP contribution in [-0.2, 0) is 86.6 Å². The molecule has 772 valence electrons. The van der Waals surface area contributed by atoms with Crippen LogP contribution in [0.1, 0.15) is 254 Å². The third kappa shape index (κ3) is 24.5. The Bertz CT molecular complexity index is 7120. The van der Waals surface area contributed by atoms with Crippen molar-refractivity contribution in [3.8, 4) is 66.9 Å². The first kappa shape index (κ1) is 105. The van der Waals surface area contributed by atoms with Crippen LogP contribution in [0.25, 0.3) is 66.9 Å². The zero-order valence-corrected chi connectivity index (χ0v) is 85.9. The van der Waals surface area contributed by atoms with Gasteiger partial charge >= 0.3 is 0 Å². The second kappa shape index (κ2) is 47.8. The number of carbonyl (C=O) groups excluding carboxylic acids is 6. The summed E-state index contributed by atoms with van der Waals surface area (Å²) in [5, 5.41) is 16.0. The molecule has 0 spiro atoms. The molecular formula is C120H120F5N13O12. The molecule has 6 aliphatic carbocycles. The summed E-state index contributed by atoms with van der Waals surface area (Å²) in [6, 6.07) is 38.3. The number of carbonyl (C=O) groups is 6. The zero-order valence-electron chi connectivity index (χ0n) is 85.9. The van der Waals surface area contributed by atoms with E-state index in [0.717, 1.165) is 257 Å². The molecule has 6 N–H and O–H groups in total. The van der Waals surface area contributed by atoms with Crippen LogP contribution < -0.4 is 31.9 Å². The van der Waals surface area contributed by atoms with Gasteiger partial charge in [0.2, 0.25) is 11.8 Å². The fourth-order valence-corrected chi connectivity index (χ4v) is 20.2. The number of rotatable bonds is 18. The SMILES string of the molecule is Cc1ccccc1C(=O)Nc1ccc(-c2c(C)oc3c2CCCC3)cn1.Cc1oc2c(c1-c1ccc(NC(=O)C(C)C)nc1)CCCC2.Cc1oc2c(c1-c1ccc(NC(=O)c3c(F)cccc3F)nc1)CCCC2.Cc1oc2c(c1-c1ccc(NC(=O)c3c(F)cccc3F)nc1)CCCC2.Cc1oc2c(c1-c1ccc(NC(=O)c3ccccc3F)nc1)CCCC2.Cc1oc2c(c1-c1cnc(NC(=O)C(C)C)cn1)CCCC2. The van der Waals surface area contributed by atoms with Crippen molar-refractivity contribution >= 4 is 70.4 Å². The molecule has 6 amide bonds. The number of fused-ring (bicyclic) bond motifs is 6. The van der Waals surface area contributed by atoms with Gasteiger partial charge in [0.05, 0.1) is 23.7 Å². The van der Waals surface area contributed by atoms with Crippen LogP contribution in [0.15, 0.2) is 215 Å². The Morgan fingerprint density at radius 2 is 0.493 bits per heavy atom. The first-order chi connectivity index (χ1) is 72.5.